The van der Waals surface area contributed by atoms with Crippen molar-refractivity contribution in [1.82, 2.24) is 15.1 Å². The minimum absolute atomic E-state index is 0.599. The van der Waals surface area contributed by atoms with Crippen molar-refractivity contribution < 1.29 is 0 Å². The zero-order valence-electron chi connectivity index (χ0n) is 8.44. The standard InChI is InChI=1S/C9H16N4S/c1-8(13-4-2-3-5-13)6-10-9-12-11-7-14-9/h7-8H,2-6H2,1H3,(H,10,12). The first-order chi connectivity index (χ1) is 6.86. The molecule has 1 atom stereocenters. The molecular weight excluding hydrogens is 196 g/mol. The molecule has 0 bridgehead atoms. The molecule has 1 unspecified atom stereocenters. The van der Waals surface area contributed by atoms with Gasteiger partial charge in [-0.25, -0.2) is 0 Å². The molecular formula is C9H16N4S. The molecule has 5 heteroatoms. The number of aromatic nitrogens is 2. The molecule has 0 aliphatic carbocycles. The van der Waals surface area contributed by atoms with E-state index in [1.807, 2.05) is 0 Å². The fraction of sp³-hybridized carbons (Fsp3) is 0.778. The number of hydrogen-bond donors (Lipinski definition) is 1. The van der Waals surface area contributed by atoms with Gasteiger partial charge in [0.15, 0.2) is 0 Å². The van der Waals surface area contributed by atoms with Crippen molar-refractivity contribution in [2.45, 2.75) is 25.8 Å². The summed E-state index contributed by atoms with van der Waals surface area (Å²) in [6.07, 6.45) is 2.70. The number of likely N-dealkylation sites (tertiary alicyclic amines) is 1. The predicted molar refractivity (Wildman–Crippen MR) is 58.7 cm³/mol. The molecule has 2 heterocycles. The summed E-state index contributed by atoms with van der Waals surface area (Å²) in [4.78, 5) is 2.52. The summed E-state index contributed by atoms with van der Waals surface area (Å²) >= 11 is 1.56. The van der Waals surface area contributed by atoms with Gasteiger partial charge in [0.05, 0.1) is 0 Å². The quantitative estimate of drug-likeness (QED) is 0.820. The third-order valence-electron chi connectivity index (χ3n) is 2.67. The number of hydrogen-bond acceptors (Lipinski definition) is 5. The predicted octanol–water partition coefficient (Wildman–Crippen LogP) is 1.43. The topological polar surface area (TPSA) is 41.1 Å². The van der Waals surface area contributed by atoms with Crippen molar-refractivity contribution in [3.63, 3.8) is 0 Å². The molecule has 1 fully saturated rings. The van der Waals surface area contributed by atoms with Gasteiger partial charge in [0.1, 0.15) is 5.51 Å². The van der Waals surface area contributed by atoms with Crippen LogP contribution in [-0.4, -0.2) is 40.8 Å². The highest BCUT2D eigenvalue weighted by molar-refractivity contribution is 7.13. The molecule has 0 radical (unpaired) electrons. The highest BCUT2D eigenvalue weighted by Gasteiger charge is 2.17. The summed E-state index contributed by atoms with van der Waals surface area (Å²) < 4.78 is 0. The van der Waals surface area contributed by atoms with Crippen molar-refractivity contribution in [2.75, 3.05) is 25.0 Å². The van der Waals surface area contributed by atoms with E-state index in [9.17, 15) is 0 Å². The van der Waals surface area contributed by atoms with Crippen LogP contribution in [0.2, 0.25) is 0 Å². The maximum atomic E-state index is 3.95. The lowest BCUT2D eigenvalue weighted by molar-refractivity contribution is 0.269. The Balaban J connectivity index is 1.74. The molecule has 4 nitrogen and oxygen atoms in total. The average molecular weight is 212 g/mol. The Morgan fingerprint density at radius 1 is 1.57 bits per heavy atom. The second-order valence-corrected chi connectivity index (χ2v) is 4.55. The Bertz CT molecular complexity index is 256. The van der Waals surface area contributed by atoms with Crippen molar-refractivity contribution in [2.24, 2.45) is 0 Å². The highest BCUT2D eigenvalue weighted by atomic mass is 32.1. The van der Waals surface area contributed by atoms with Crippen LogP contribution >= 0.6 is 11.3 Å². The van der Waals surface area contributed by atoms with Crippen LogP contribution in [-0.2, 0) is 0 Å². The number of nitrogens with zero attached hydrogens (tertiary/aromatic N) is 3. The van der Waals surface area contributed by atoms with Gasteiger partial charge in [-0.15, -0.1) is 10.2 Å². The Kier molecular flexibility index (Phi) is 3.31. The maximum Gasteiger partial charge on any atom is 0.205 e. The minimum Gasteiger partial charge on any atom is -0.359 e. The van der Waals surface area contributed by atoms with Crippen LogP contribution in [0.1, 0.15) is 19.8 Å². The lowest BCUT2D eigenvalue weighted by Crippen LogP contribution is -2.35. The molecule has 1 N–H and O–H groups in total. The third kappa shape index (κ3) is 2.42. The van der Waals surface area contributed by atoms with Crippen molar-refractivity contribution >= 4 is 16.5 Å². The second kappa shape index (κ2) is 4.70. The third-order valence-corrected chi connectivity index (χ3v) is 3.32. The average Bonchev–Trinajstić information content (AvgIpc) is 2.87. The molecule has 0 aromatic carbocycles. The van der Waals surface area contributed by atoms with Gasteiger partial charge in [-0.3, -0.25) is 4.90 Å². The maximum absolute atomic E-state index is 3.95. The first-order valence-electron chi connectivity index (χ1n) is 5.10. The van der Waals surface area contributed by atoms with E-state index in [1.165, 1.54) is 25.9 Å². The lowest BCUT2D eigenvalue weighted by Gasteiger charge is -2.23. The molecule has 1 aliphatic heterocycles. The van der Waals surface area contributed by atoms with Gasteiger partial charge in [-0.2, -0.15) is 0 Å². The summed E-state index contributed by atoms with van der Waals surface area (Å²) in [7, 11) is 0. The minimum atomic E-state index is 0.599. The largest absolute Gasteiger partial charge is 0.359 e. The van der Waals surface area contributed by atoms with Crippen LogP contribution in [0.15, 0.2) is 5.51 Å². The molecule has 1 saturated heterocycles. The van der Waals surface area contributed by atoms with Crippen LogP contribution in [0.25, 0.3) is 0 Å². The lowest BCUT2D eigenvalue weighted by atomic mass is 10.3. The fourth-order valence-electron chi connectivity index (χ4n) is 1.80. The summed E-state index contributed by atoms with van der Waals surface area (Å²) in [5, 5.41) is 12.0. The van der Waals surface area contributed by atoms with Crippen molar-refractivity contribution in [3.05, 3.63) is 5.51 Å². The smallest absolute Gasteiger partial charge is 0.205 e. The van der Waals surface area contributed by atoms with Crippen molar-refractivity contribution in [1.29, 1.82) is 0 Å². The Labute approximate surface area is 88.3 Å². The first kappa shape index (κ1) is 9.86. The van der Waals surface area contributed by atoms with E-state index in [1.54, 1.807) is 16.8 Å². The molecule has 0 amide bonds. The SMILES string of the molecule is CC(CNc1nncs1)N1CCCC1. The summed E-state index contributed by atoms with van der Waals surface area (Å²) in [6.45, 7) is 5.73. The first-order valence-corrected chi connectivity index (χ1v) is 5.98. The van der Waals surface area contributed by atoms with Gasteiger partial charge in [-0.1, -0.05) is 11.3 Å². The van der Waals surface area contributed by atoms with E-state index in [-0.39, 0.29) is 0 Å². The van der Waals surface area contributed by atoms with Crippen LogP contribution in [0, 0.1) is 0 Å². The molecule has 14 heavy (non-hydrogen) atoms. The van der Waals surface area contributed by atoms with Crippen molar-refractivity contribution in [3.8, 4) is 0 Å². The normalized spacial score (nSPS) is 19.8. The van der Waals surface area contributed by atoms with Crippen LogP contribution in [0.5, 0.6) is 0 Å². The zero-order valence-corrected chi connectivity index (χ0v) is 9.26. The Hall–Kier alpha value is -0.680. The molecule has 78 valence electrons. The molecule has 2 rings (SSSR count). The van der Waals surface area contributed by atoms with Gasteiger partial charge in [-0.05, 0) is 32.9 Å². The number of anilines is 1. The van der Waals surface area contributed by atoms with Crippen LogP contribution < -0.4 is 5.32 Å². The molecule has 1 aromatic rings. The van der Waals surface area contributed by atoms with Crippen LogP contribution in [0.3, 0.4) is 0 Å². The van der Waals surface area contributed by atoms with Gasteiger partial charge >= 0.3 is 0 Å². The van der Waals surface area contributed by atoms with E-state index in [0.717, 1.165) is 11.7 Å². The van der Waals surface area contributed by atoms with E-state index >= 15 is 0 Å². The van der Waals surface area contributed by atoms with E-state index in [2.05, 4.69) is 27.3 Å². The van der Waals surface area contributed by atoms with Gasteiger partial charge in [0.2, 0.25) is 5.13 Å². The molecule has 0 spiro atoms. The fourth-order valence-corrected chi connectivity index (χ4v) is 2.25. The highest BCUT2D eigenvalue weighted by Crippen LogP contribution is 2.13. The van der Waals surface area contributed by atoms with Gasteiger partial charge in [0, 0.05) is 12.6 Å². The Morgan fingerprint density at radius 2 is 2.36 bits per heavy atom. The number of rotatable bonds is 4. The van der Waals surface area contributed by atoms with Crippen LogP contribution in [0.4, 0.5) is 5.13 Å². The van der Waals surface area contributed by atoms with Gasteiger partial charge < -0.3 is 5.32 Å². The van der Waals surface area contributed by atoms with E-state index in [4.69, 9.17) is 0 Å². The van der Waals surface area contributed by atoms with E-state index in [0.29, 0.717) is 6.04 Å². The monoisotopic (exact) mass is 212 g/mol. The summed E-state index contributed by atoms with van der Waals surface area (Å²) in [6, 6.07) is 0.599. The molecule has 0 saturated carbocycles. The molecule has 1 aromatic heterocycles. The van der Waals surface area contributed by atoms with E-state index < -0.39 is 0 Å². The summed E-state index contributed by atoms with van der Waals surface area (Å²) in [5.74, 6) is 0. The zero-order chi connectivity index (χ0) is 9.80. The summed E-state index contributed by atoms with van der Waals surface area (Å²) in [5.41, 5.74) is 1.75. The number of nitrogens with one attached hydrogen (secondary N) is 1. The Morgan fingerprint density at radius 3 is 3.00 bits per heavy atom. The molecule has 1 aliphatic rings. The second-order valence-electron chi connectivity index (χ2n) is 3.72. The van der Waals surface area contributed by atoms with Gasteiger partial charge in [0.25, 0.3) is 0 Å².